The smallest absolute Gasteiger partial charge is 0.0238 e. The predicted molar refractivity (Wildman–Crippen MR) is 59.7 cm³/mol. The van der Waals surface area contributed by atoms with Gasteiger partial charge in [-0.25, -0.2) is 0 Å². The van der Waals surface area contributed by atoms with Crippen molar-refractivity contribution in [3.63, 3.8) is 0 Å². The van der Waals surface area contributed by atoms with Gasteiger partial charge in [0.1, 0.15) is 0 Å². The summed E-state index contributed by atoms with van der Waals surface area (Å²) in [6.07, 6.45) is 11.3. The molecule has 76 valence electrons. The van der Waals surface area contributed by atoms with E-state index in [-0.39, 0.29) is 0 Å². The molecule has 0 heterocycles. The second-order valence-electron chi connectivity index (χ2n) is 3.87. The van der Waals surface area contributed by atoms with Crippen LogP contribution in [-0.2, 0) is 0 Å². The van der Waals surface area contributed by atoms with Gasteiger partial charge in [-0.1, -0.05) is 26.2 Å². The molecule has 0 radical (unpaired) electrons. The van der Waals surface area contributed by atoms with Crippen LogP contribution in [0.25, 0.3) is 0 Å². The highest BCUT2D eigenvalue weighted by atomic mass is 14.9. The average molecular weight is 181 g/mol. The fraction of sp³-hybridized carbons (Fsp3) is 0.833. The Morgan fingerprint density at radius 3 is 2.46 bits per heavy atom. The molecule has 1 nitrogen and oxygen atoms in total. The summed E-state index contributed by atoms with van der Waals surface area (Å²) in [5.41, 5.74) is 0. The lowest BCUT2D eigenvalue weighted by atomic mass is 10.1. The van der Waals surface area contributed by atoms with Crippen LogP contribution in [0.4, 0.5) is 0 Å². The number of unbranched alkanes of at least 4 members (excludes halogenated alkanes) is 2. The van der Waals surface area contributed by atoms with Gasteiger partial charge in [0.2, 0.25) is 0 Å². The molecule has 0 aromatic carbocycles. The summed E-state index contributed by atoms with van der Waals surface area (Å²) in [6.45, 7) is 6.62. The minimum atomic E-state index is 0.460. The molecule has 0 amide bonds. The lowest BCUT2D eigenvalue weighted by molar-refractivity contribution is 0.436. The lowest BCUT2D eigenvalue weighted by Crippen LogP contribution is -2.34. The van der Waals surface area contributed by atoms with E-state index >= 15 is 0 Å². The van der Waals surface area contributed by atoms with Crippen molar-refractivity contribution in [2.45, 2.75) is 65.0 Å². The number of terminal acetylenes is 1. The van der Waals surface area contributed by atoms with E-state index in [1.807, 2.05) is 0 Å². The van der Waals surface area contributed by atoms with Crippen LogP contribution in [0.3, 0.4) is 0 Å². The molecule has 0 bridgehead atoms. The van der Waals surface area contributed by atoms with Gasteiger partial charge in [-0.3, -0.25) is 0 Å². The Kier molecular flexibility index (Phi) is 7.83. The highest BCUT2D eigenvalue weighted by Gasteiger charge is 2.04. The topological polar surface area (TPSA) is 12.0 Å². The van der Waals surface area contributed by atoms with E-state index in [0.29, 0.717) is 12.1 Å². The minimum Gasteiger partial charge on any atom is -0.311 e. The zero-order chi connectivity index (χ0) is 10.1. The van der Waals surface area contributed by atoms with E-state index in [9.17, 15) is 0 Å². The monoisotopic (exact) mass is 181 g/mol. The first-order valence-electron chi connectivity index (χ1n) is 5.40. The molecular formula is C12H23N. The van der Waals surface area contributed by atoms with Crippen molar-refractivity contribution in [2.75, 3.05) is 0 Å². The average Bonchev–Trinajstić information content (AvgIpc) is 2.05. The summed E-state index contributed by atoms with van der Waals surface area (Å²) in [5, 5.41) is 3.50. The molecule has 0 aliphatic carbocycles. The van der Waals surface area contributed by atoms with E-state index in [2.05, 4.69) is 32.0 Å². The maximum atomic E-state index is 5.24. The van der Waals surface area contributed by atoms with Gasteiger partial charge in [0, 0.05) is 18.5 Å². The summed E-state index contributed by atoms with van der Waals surface area (Å²) in [7, 11) is 0. The third-order valence-corrected chi connectivity index (χ3v) is 2.23. The van der Waals surface area contributed by atoms with E-state index in [0.717, 1.165) is 6.42 Å². The Balaban J connectivity index is 3.39. The normalized spacial score (nSPS) is 14.9. The number of hydrogen-bond acceptors (Lipinski definition) is 1. The summed E-state index contributed by atoms with van der Waals surface area (Å²) in [5.74, 6) is 2.68. The Bertz CT molecular complexity index is 146. The van der Waals surface area contributed by atoms with Gasteiger partial charge in [0.15, 0.2) is 0 Å². The SMILES string of the molecule is C#CCC(C)NC(C)CCCCC. The van der Waals surface area contributed by atoms with Crippen molar-refractivity contribution in [1.29, 1.82) is 0 Å². The van der Waals surface area contributed by atoms with Crippen LogP contribution in [0.15, 0.2) is 0 Å². The highest BCUT2D eigenvalue weighted by molar-refractivity contribution is 4.88. The zero-order valence-corrected chi connectivity index (χ0v) is 9.27. The largest absolute Gasteiger partial charge is 0.311 e. The van der Waals surface area contributed by atoms with Crippen LogP contribution >= 0.6 is 0 Å². The van der Waals surface area contributed by atoms with Crippen molar-refractivity contribution < 1.29 is 0 Å². The first kappa shape index (κ1) is 12.5. The fourth-order valence-electron chi connectivity index (χ4n) is 1.51. The summed E-state index contributed by atoms with van der Waals surface area (Å²) >= 11 is 0. The molecular weight excluding hydrogens is 158 g/mol. The molecule has 2 atom stereocenters. The zero-order valence-electron chi connectivity index (χ0n) is 9.27. The molecule has 1 heteroatoms. The molecule has 0 aromatic rings. The summed E-state index contributed by atoms with van der Waals surface area (Å²) < 4.78 is 0. The summed E-state index contributed by atoms with van der Waals surface area (Å²) in [4.78, 5) is 0. The van der Waals surface area contributed by atoms with E-state index in [4.69, 9.17) is 6.42 Å². The van der Waals surface area contributed by atoms with Crippen LogP contribution in [0.1, 0.15) is 52.9 Å². The van der Waals surface area contributed by atoms with Crippen LogP contribution in [0.5, 0.6) is 0 Å². The molecule has 2 unspecified atom stereocenters. The van der Waals surface area contributed by atoms with Gasteiger partial charge >= 0.3 is 0 Å². The predicted octanol–water partition coefficient (Wildman–Crippen LogP) is 2.96. The molecule has 0 rings (SSSR count). The minimum absolute atomic E-state index is 0.460. The van der Waals surface area contributed by atoms with Gasteiger partial charge in [0.05, 0.1) is 0 Å². The maximum absolute atomic E-state index is 5.24. The van der Waals surface area contributed by atoms with Gasteiger partial charge in [-0.2, -0.15) is 0 Å². The van der Waals surface area contributed by atoms with Crippen molar-refractivity contribution in [2.24, 2.45) is 0 Å². The first-order valence-corrected chi connectivity index (χ1v) is 5.40. The highest BCUT2D eigenvalue weighted by Crippen LogP contribution is 2.04. The molecule has 0 aromatic heterocycles. The second-order valence-corrected chi connectivity index (χ2v) is 3.87. The molecule has 13 heavy (non-hydrogen) atoms. The molecule has 0 aliphatic heterocycles. The first-order chi connectivity index (χ1) is 6.20. The van der Waals surface area contributed by atoms with Crippen LogP contribution < -0.4 is 5.32 Å². The van der Waals surface area contributed by atoms with Crippen LogP contribution in [0, 0.1) is 12.3 Å². The van der Waals surface area contributed by atoms with E-state index in [1.165, 1.54) is 25.7 Å². The number of rotatable bonds is 7. The number of nitrogens with one attached hydrogen (secondary N) is 1. The third-order valence-electron chi connectivity index (χ3n) is 2.23. The van der Waals surface area contributed by atoms with Gasteiger partial charge in [-0.15, -0.1) is 12.3 Å². The maximum Gasteiger partial charge on any atom is 0.0238 e. The van der Waals surface area contributed by atoms with Crippen molar-refractivity contribution in [1.82, 2.24) is 5.32 Å². The van der Waals surface area contributed by atoms with Crippen LogP contribution in [-0.4, -0.2) is 12.1 Å². The molecule has 0 saturated heterocycles. The van der Waals surface area contributed by atoms with Gasteiger partial charge in [0.25, 0.3) is 0 Å². The molecule has 1 N–H and O–H groups in total. The third kappa shape index (κ3) is 7.87. The van der Waals surface area contributed by atoms with Crippen molar-refractivity contribution in [3.8, 4) is 12.3 Å². The Morgan fingerprint density at radius 2 is 1.92 bits per heavy atom. The van der Waals surface area contributed by atoms with Crippen molar-refractivity contribution >= 4 is 0 Å². The quantitative estimate of drug-likeness (QED) is 0.470. The Morgan fingerprint density at radius 1 is 1.23 bits per heavy atom. The Labute approximate surface area is 83.3 Å². The van der Waals surface area contributed by atoms with Crippen LogP contribution in [0.2, 0.25) is 0 Å². The molecule has 0 aliphatic rings. The van der Waals surface area contributed by atoms with Crippen molar-refractivity contribution in [3.05, 3.63) is 0 Å². The fourth-order valence-corrected chi connectivity index (χ4v) is 1.51. The van der Waals surface area contributed by atoms with Gasteiger partial charge < -0.3 is 5.32 Å². The summed E-state index contributed by atoms with van der Waals surface area (Å²) in [6, 6.07) is 1.07. The second kappa shape index (κ2) is 8.13. The van der Waals surface area contributed by atoms with E-state index < -0.39 is 0 Å². The molecule has 0 spiro atoms. The van der Waals surface area contributed by atoms with Gasteiger partial charge in [-0.05, 0) is 20.3 Å². The standard InChI is InChI=1S/C12H23N/c1-5-7-8-10-12(4)13-11(3)9-6-2/h2,11-13H,5,7-10H2,1,3-4H3. The lowest BCUT2D eigenvalue weighted by Gasteiger charge is -2.18. The van der Waals surface area contributed by atoms with E-state index in [1.54, 1.807) is 0 Å². The number of hydrogen-bond donors (Lipinski definition) is 1. The Hall–Kier alpha value is -0.480. The molecule has 0 saturated carbocycles. The molecule has 0 fully saturated rings.